The van der Waals surface area contributed by atoms with Gasteiger partial charge in [0.05, 0.1) is 17.7 Å². The van der Waals surface area contributed by atoms with E-state index >= 15 is 0 Å². The smallest absolute Gasteiger partial charge is 0.490 e. The Morgan fingerprint density at radius 2 is 1.82 bits per heavy atom. The molecule has 3 N–H and O–H groups in total. The van der Waals surface area contributed by atoms with Crippen molar-refractivity contribution in [3.05, 3.63) is 64.9 Å². The van der Waals surface area contributed by atoms with Gasteiger partial charge in [0, 0.05) is 22.5 Å². The molecule has 3 aromatic rings. The number of amides is 1. The maximum absolute atomic E-state index is 14.3. The van der Waals surface area contributed by atoms with Gasteiger partial charge in [0.25, 0.3) is 0 Å². The van der Waals surface area contributed by atoms with Gasteiger partial charge in [0.2, 0.25) is 5.91 Å². The third-order valence-electron chi connectivity index (χ3n) is 4.64. The van der Waals surface area contributed by atoms with Crippen LogP contribution in [-0.4, -0.2) is 40.0 Å². The predicted octanol–water partition coefficient (Wildman–Crippen LogP) is 4.83. The van der Waals surface area contributed by atoms with E-state index in [0.717, 1.165) is 17.7 Å². The number of carboxylic acid groups (broad SMARTS) is 1. The van der Waals surface area contributed by atoms with E-state index in [2.05, 4.69) is 15.5 Å². The van der Waals surface area contributed by atoms with E-state index in [1.807, 2.05) is 0 Å². The first-order valence-electron chi connectivity index (χ1n) is 9.46. The topological polar surface area (TPSA) is 104 Å². The lowest BCUT2D eigenvalue weighted by Gasteiger charge is -2.24. The normalized spacial score (nSPS) is 14.8. The summed E-state index contributed by atoms with van der Waals surface area (Å²) in [6.07, 6.45) is -1.94. The molecule has 180 valence electrons. The van der Waals surface area contributed by atoms with E-state index in [0.29, 0.717) is 17.2 Å². The third kappa shape index (κ3) is 6.01. The van der Waals surface area contributed by atoms with E-state index in [1.54, 1.807) is 18.2 Å². The Morgan fingerprint density at radius 1 is 1.18 bits per heavy atom. The van der Waals surface area contributed by atoms with Crippen LogP contribution in [0.1, 0.15) is 5.56 Å². The van der Waals surface area contributed by atoms with Gasteiger partial charge in [0.15, 0.2) is 0 Å². The average Bonchev–Trinajstić information content (AvgIpc) is 3.26. The maximum atomic E-state index is 14.3. The van der Waals surface area contributed by atoms with Crippen molar-refractivity contribution in [2.75, 3.05) is 11.9 Å². The van der Waals surface area contributed by atoms with Crippen molar-refractivity contribution in [2.24, 2.45) is 5.92 Å². The lowest BCUT2D eigenvalue weighted by molar-refractivity contribution is -0.192. The summed E-state index contributed by atoms with van der Waals surface area (Å²) in [6, 6.07) is 7.38. The molecule has 0 fully saturated rings. The minimum Gasteiger partial charge on any atom is -0.492 e. The van der Waals surface area contributed by atoms with E-state index in [9.17, 15) is 26.7 Å². The van der Waals surface area contributed by atoms with Crippen LogP contribution in [0.15, 0.2) is 42.7 Å². The van der Waals surface area contributed by atoms with E-state index in [-0.39, 0.29) is 29.3 Å². The van der Waals surface area contributed by atoms with Crippen molar-refractivity contribution >= 4 is 29.2 Å². The molecule has 0 bridgehead atoms. The van der Waals surface area contributed by atoms with Crippen LogP contribution in [0.25, 0.3) is 11.1 Å². The van der Waals surface area contributed by atoms with Crippen molar-refractivity contribution in [1.82, 2.24) is 10.2 Å². The van der Waals surface area contributed by atoms with Gasteiger partial charge in [-0.25, -0.2) is 13.6 Å². The minimum atomic E-state index is -5.08. The Bertz CT molecular complexity index is 1180. The van der Waals surface area contributed by atoms with E-state index in [4.69, 9.17) is 26.2 Å². The Kier molecular flexibility index (Phi) is 7.40. The number of carbonyl (C=O) groups is 2. The van der Waals surface area contributed by atoms with Gasteiger partial charge in [-0.05, 0) is 42.3 Å². The number of alkyl halides is 3. The SMILES string of the molecule is O=C(Nc1cc(F)c(-c2cn[nH]c2)c(F)c1)C1COc2ccc(Cl)cc2C1.O=C(O)C(F)(F)F. The van der Waals surface area contributed by atoms with Gasteiger partial charge in [-0.2, -0.15) is 18.3 Å². The van der Waals surface area contributed by atoms with E-state index in [1.165, 1.54) is 12.4 Å². The van der Waals surface area contributed by atoms with Crippen LogP contribution in [0.3, 0.4) is 0 Å². The number of carboxylic acids is 1. The second-order valence-corrected chi connectivity index (χ2v) is 7.49. The van der Waals surface area contributed by atoms with Gasteiger partial charge in [-0.3, -0.25) is 9.89 Å². The first-order valence-corrected chi connectivity index (χ1v) is 9.84. The fourth-order valence-electron chi connectivity index (χ4n) is 3.08. The predicted molar refractivity (Wildman–Crippen MR) is 110 cm³/mol. The highest BCUT2D eigenvalue weighted by molar-refractivity contribution is 6.30. The number of nitrogens with one attached hydrogen (secondary N) is 2. The number of aromatic nitrogens is 2. The standard InChI is InChI=1S/C19H14ClF2N3O2.C2HF3O2/c20-13-1-2-17-10(4-13)3-11(9-27-17)19(26)25-14-5-15(21)18(16(22)6-14)12-7-23-24-8-12;3-2(4,5)1(6)7/h1-2,4-8,11H,3,9H2,(H,23,24)(H,25,26);(H,6,7). The Balaban J connectivity index is 0.000000406. The Labute approximate surface area is 193 Å². The quantitative estimate of drug-likeness (QED) is 0.444. The minimum absolute atomic E-state index is 0.0409. The van der Waals surface area contributed by atoms with Crippen LogP contribution in [-0.2, 0) is 16.0 Å². The largest absolute Gasteiger partial charge is 0.492 e. The summed E-state index contributed by atoms with van der Waals surface area (Å²) in [4.78, 5) is 21.4. The van der Waals surface area contributed by atoms with Gasteiger partial charge < -0.3 is 15.2 Å². The molecule has 1 atom stereocenters. The molecule has 34 heavy (non-hydrogen) atoms. The summed E-state index contributed by atoms with van der Waals surface area (Å²) in [7, 11) is 0. The molecular weight excluding hydrogens is 489 g/mol. The number of ether oxygens (including phenoxy) is 1. The van der Waals surface area contributed by atoms with Crippen molar-refractivity contribution in [3.63, 3.8) is 0 Å². The van der Waals surface area contributed by atoms with Crippen LogP contribution >= 0.6 is 11.6 Å². The van der Waals surface area contributed by atoms with Crippen molar-refractivity contribution in [1.29, 1.82) is 0 Å². The fourth-order valence-corrected chi connectivity index (χ4v) is 3.28. The van der Waals surface area contributed by atoms with Crippen LogP contribution in [0.2, 0.25) is 5.02 Å². The molecule has 1 unspecified atom stereocenters. The number of benzene rings is 2. The number of hydrogen-bond donors (Lipinski definition) is 3. The van der Waals surface area contributed by atoms with Crippen LogP contribution in [0.5, 0.6) is 5.75 Å². The Hall–Kier alpha value is -3.67. The number of aromatic amines is 1. The highest BCUT2D eigenvalue weighted by Crippen LogP contribution is 2.31. The van der Waals surface area contributed by atoms with Crippen LogP contribution < -0.4 is 10.1 Å². The molecule has 2 aromatic carbocycles. The second-order valence-electron chi connectivity index (χ2n) is 7.06. The van der Waals surface area contributed by atoms with Crippen LogP contribution in [0, 0.1) is 17.6 Å². The van der Waals surface area contributed by atoms with E-state index < -0.39 is 29.7 Å². The number of fused-ring (bicyclic) bond motifs is 1. The molecule has 1 aromatic heterocycles. The molecule has 1 aliphatic rings. The zero-order valence-electron chi connectivity index (χ0n) is 16.9. The monoisotopic (exact) mass is 503 g/mol. The number of aliphatic carboxylic acids is 1. The van der Waals surface area contributed by atoms with Crippen molar-refractivity contribution in [2.45, 2.75) is 12.6 Å². The van der Waals surface area contributed by atoms with Gasteiger partial charge >= 0.3 is 12.1 Å². The molecule has 7 nitrogen and oxygen atoms in total. The summed E-state index contributed by atoms with van der Waals surface area (Å²) in [5, 5.41) is 16.4. The molecule has 0 radical (unpaired) electrons. The molecule has 0 saturated carbocycles. The summed E-state index contributed by atoms with van der Waals surface area (Å²) >= 11 is 5.98. The second kappa shape index (κ2) is 10.1. The summed E-state index contributed by atoms with van der Waals surface area (Å²) in [5.41, 5.74) is 0.948. The lowest BCUT2D eigenvalue weighted by Crippen LogP contribution is -2.32. The number of halogens is 6. The summed E-state index contributed by atoms with van der Waals surface area (Å²) in [6.45, 7) is 0.179. The highest BCUT2D eigenvalue weighted by atomic mass is 35.5. The third-order valence-corrected chi connectivity index (χ3v) is 4.87. The maximum Gasteiger partial charge on any atom is 0.490 e. The lowest BCUT2D eigenvalue weighted by atomic mass is 9.96. The molecule has 13 heteroatoms. The fraction of sp³-hybridized carbons (Fsp3) is 0.190. The first kappa shape index (κ1) is 25.0. The molecule has 0 aliphatic carbocycles. The molecule has 2 heterocycles. The average molecular weight is 504 g/mol. The molecule has 1 amide bonds. The number of nitrogens with zero attached hydrogens (tertiary/aromatic N) is 1. The number of carbonyl (C=O) groups excluding carboxylic acids is 1. The Morgan fingerprint density at radius 3 is 2.38 bits per heavy atom. The molecule has 0 saturated heterocycles. The first-order chi connectivity index (χ1) is 16.0. The van der Waals surface area contributed by atoms with Crippen molar-refractivity contribution in [3.8, 4) is 16.9 Å². The zero-order valence-corrected chi connectivity index (χ0v) is 17.7. The van der Waals surface area contributed by atoms with Crippen molar-refractivity contribution < 1.29 is 41.4 Å². The summed E-state index contributed by atoms with van der Waals surface area (Å²) in [5.74, 6) is -4.52. The molecule has 4 rings (SSSR count). The molecule has 0 spiro atoms. The van der Waals surface area contributed by atoms with Gasteiger partial charge in [-0.1, -0.05) is 11.6 Å². The van der Waals surface area contributed by atoms with Crippen LogP contribution in [0.4, 0.5) is 27.6 Å². The zero-order chi connectivity index (χ0) is 25.0. The number of rotatable bonds is 3. The molecular formula is C21H15ClF5N3O4. The highest BCUT2D eigenvalue weighted by Gasteiger charge is 2.38. The number of anilines is 1. The summed E-state index contributed by atoms with van der Waals surface area (Å²) < 4.78 is 66.0. The number of hydrogen-bond acceptors (Lipinski definition) is 4. The number of H-pyrrole nitrogens is 1. The van der Waals surface area contributed by atoms with Gasteiger partial charge in [-0.15, -0.1) is 0 Å². The molecule has 1 aliphatic heterocycles. The van der Waals surface area contributed by atoms with Gasteiger partial charge in [0.1, 0.15) is 24.0 Å².